The minimum Gasteiger partial charge on any atom is -0.354 e. The molecule has 6 heteroatoms. The highest BCUT2D eigenvalue weighted by Gasteiger charge is 2.13. The Kier molecular flexibility index (Phi) is 6.66. The van der Waals surface area contributed by atoms with E-state index in [0.717, 1.165) is 40.0 Å². The minimum absolute atomic E-state index is 0.175. The Morgan fingerprint density at radius 3 is 2.56 bits per heavy atom. The maximum atomic E-state index is 4.58. The molecule has 3 rings (SSSR count). The molecule has 0 aliphatic rings. The minimum atomic E-state index is 0.175. The molecule has 6 nitrogen and oxygen atoms in total. The van der Waals surface area contributed by atoms with Crippen LogP contribution in [-0.2, 0) is 0 Å². The molecule has 0 aliphatic heterocycles. The van der Waals surface area contributed by atoms with E-state index in [4.69, 9.17) is 0 Å². The van der Waals surface area contributed by atoms with Crippen molar-refractivity contribution in [1.82, 2.24) is 15.0 Å². The number of rotatable bonds is 4. The number of aryl methyl sites for hydroxylation is 1. The lowest BCUT2D eigenvalue weighted by Crippen LogP contribution is -2.20. The summed E-state index contributed by atoms with van der Waals surface area (Å²) in [5.74, 6) is 0.644. The molecule has 0 spiro atoms. The van der Waals surface area contributed by atoms with Crippen molar-refractivity contribution in [2.75, 3.05) is 18.9 Å². The summed E-state index contributed by atoms with van der Waals surface area (Å²) in [5, 5.41) is 12.3. The van der Waals surface area contributed by atoms with Crippen LogP contribution in [0.3, 0.4) is 0 Å². The van der Waals surface area contributed by atoms with Gasteiger partial charge in [-0.1, -0.05) is 40.7 Å². The Hall–Kier alpha value is -2.76. The summed E-state index contributed by atoms with van der Waals surface area (Å²) in [7, 11) is 1.68. The van der Waals surface area contributed by atoms with Gasteiger partial charge in [-0.15, -0.1) is 0 Å². The van der Waals surface area contributed by atoms with E-state index >= 15 is 0 Å². The molecular formula is C21H30N6. The second kappa shape index (κ2) is 8.75. The molecule has 0 atom stereocenters. The molecule has 3 aromatic rings. The summed E-state index contributed by atoms with van der Waals surface area (Å²) < 4.78 is 0. The summed E-state index contributed by atoms with van der Waals surface area (Å²) in [6.07, 6.45) is 3.84. The number of aromatic amines is 1. The summed E-state index contributed by atoms with van der Waals surface area (Å²) >= 11 is 0. The fourth-order valence-electron chi connectivity index (χ4n) is 2.62. The van der Waals surface area contributed by atoms with Crippen molar-refractivity contribution in [3.8, 4) is 11.1 Å². The highest BCUT2D eigenvalue weighted by atomic mass is 15.1. The first-order valence-electron chi connectivity index (χ1n) is 9.36. The van der Waals surface area contributed by atoms with Crippen molar-refractivity contribution >= 4 is 22.7 Å². The van der Waals surface area contributed by atoms with Crippen LogP contribution in [-0.4, -0.2) is 28.5 Å². The molecule has 0 aliphatic carbocycles. The number of azo groups is 1. The summed E-state index contributed by atoms with van der Waals surface area (Å²) in [6, 6.07) is 6.14. The van der Waals surface area contributed by atoms with Gasteiger partial charge in [-0.3, -0.25) is 0 Å². The second-order valence-electron chi connectivity index (χ2n) is 7.37. The van der Waals surface area contributed by atoms with E-state index in [1.54, 1.807) is 7.05 Å². The number of aromatic nitrogens is 3. The molecule has 1 aromatic carbocycles. The molecule has 2 aromatic heterocycles. The topological polar surface area (TPSA) is 78.3 Å². The van der Waals surface area contributed by atoms with Crippen molar-refractivity contribution in [1.29, 1.82) is 0 Å². The maximum absolute atomic E-state index is 4.58. The standard InChI is InChI=1S/C19H24N6.C2H6/c1-12-8-13(6-7-16(12)25-20-5)14-9-21-17-15(14)10-22-18(24-17)23-11-19(2,3)4;1-2/h6-10H,11H2,1-5H3,(H2,21,22,23,24);1-2H3. The Morgan fingerprint density at radius 1 is 1.19 bits per heavy atom. The van der Waals surface area contributed by atoms with Gasteiger partial charge in [0.15, 0.2) is 0 Å². The lowest BCUT2D eigenvalue weighted by Gasteiger charge is -2.18. The van der Waals surface area contributed by atoms with Crippen LogP contribution < -0.4 is 5.32 Å². The predicted octanol–water partition coefficient (Wildman–Crippen LogP) is 6.13. The molecule has 0 bridgehead atoms. The van der Waals surface area contributed by atoms with Gasteiger partial charge in [-0.2, -0.15) is 15.2 Å². The second-order valence-corrected chi connectivity index (χ2v) is 7.37. The van der Waals surface area contributed by atoms with Gasteiger partial charge < -0.3 is 10.3 Å². The maximum Gasteiger partial charge on any atom is 0.224 e. The average molecular weight is 367 g/mol. The molecule has 0 unspecified atom stereocenters. The third-order valence-corrected chi connectivity index (χ3v) is 3.92. The fraction of sp³-hybridized carbons (Fsp3) is 0.429. The highest BCUT2D eigenvalue weighted by molar-refractivity contribution is 5.93. The molecular weight excluding hydrogens is 336 g/mol. The van der Waals surface area contributed by atoms with Gasteiger partial charge in [0.25, 0.3) is 0 Å². The molecule has 0 saturated heterocycles. The van der Waals surface area contributed by atoms with Crippen LogP contribution in [0.15, 0.2) is 40.8 Å². The van der Waals surface area contributed by atoms with Crippen molar-refractivity contribution in [2.24, 2.45) is 15.6 Å². The molecule has 0 amide bonds. The number of H-pyrrole nitrogens is 1. The zero-order valence-corrected chi connectivity index (χ0v) is 17.4. The van der Waals surface area contributed by atoms with Crippen LogP contribution in [0, 0.1) is 12.3 Å². The number of anilines is 1. The number of benzene rings is 1. The van der Waals surface area contributed by atoms with Gasteiger partial charge in [-0.25, -0.2) is 4.98 Å². The molecule has 0 radical (unpaired) electrons. The largest absolute Gasteiger partial charge is 0.354 e. The Bertz CT molecular complexity index is 918. The van der Waals surface area contributed by atoms with Crippen molar-refractivity contribution < 1.29 is 0 Å². The Balaban J connectivity index is 0.00000126. The number of hydrogen-bond acceptors (Lipinski definition) is 5. The number of nitrogens with one attached hydrogen (secondary N) is 2. The van der Waals surface area contributed by atoms with Crippen LogP contribution in [0.5, 0.6) is 0 Å². The van der Waals surface area contributed by atoms with Gasteiger partial charge in [0, 0.05) is 36.9 Å². The van der Waals surface area contributed by atoms with Crippen LogP contribution in [0.25, 0.3) is 22.2 Å². The zero-order valence-electron chi connectivity index (χ0n) is 17.4. The average Bonchev–Trinajstić information content (AvgIpc) is 3.06. The zero-order chi connectivity index (χ0) is 20.0. The first-order valence-corrected chi connectivity index (χ1v) is 9.36. The Labute approximate surface area is 161 Å². The molecule has 144 valence electrons. The van der Waals surface area contributed by atoms with Gasteiger partial charge in [0.2, 0.25) is 5.95 Å². The number of hydrogen-bond donors (Lipinski definition) is 2. The van der Waals surface area contributed by atoms with Gasteiger partial charge in [0.1, 0.15) is 5.65 Å². The lowest BCUT2D eigenvalue weighted by molar-refractivity contribution is 0.442. The van der Waals surface area contributed by atoms with Crippen LogP contribution >= 0.6 is 0 Å². The van der Waals surface area contributed by atoms with Gasteiger partial charge >= 0.3 is 0 Å². The van der Waals surface area contributed by atoms with Crippen molar-refractivity contribution in [3.05, 3.63) is 36.2 Å². The highest BCUT2D eigenvalue weighted by Crippen LogP contribution is 2.31. The first-order chi connectivity index (χ1) is 12.9. The van der Waals surface area contributed by atoms with E-state index < -0.39 is 0 Å². The van der Waals surface area contributed by atoms with Crippen molar-refractivity contribution in [2.45, 2.75) is 41.5 Å². The van der Waals surface area contributed by atoms with Crippen LogP contribution in [0.4, 0.5) is 11.6 Å². The smallest absolute Gasteiger partial charge is 0.224 e. The number of nitrogens with zero attached hydrogens (tertiary/aromatic N) is 4. The van der Waals surface area contributed by atoms with E-state index in [9.17, 15) is 0 Å². The van der Waals surface area contributed by atoms with E-state index in [1.165, 1.54) is 0 Å². The first kappa shape index (κ1) is 20.6. The Morgan fingerprint density at radius 2 is 1.93 bits per heavy atom. The van der Waals surface area contributed by atoms with E-state index in [0.29, 0.717) is 5.95 Å². The van der Waals surface area contributed by atoms with Gasteiger partial charge in [0.05, 0.1) is 5.69 Å². The van der Waals surface area contributed by atoms with E-state index in [1.807, 2.05) is 45.3 Å². The molecule has 0 saturated carbocycles. The molecule has 2 heterocycles. The quantitative estimate of drug-likeness (QED) is 0.545. The van der Waals surface area contributed by atoms with E-state index in [2.05, 4.69) is 57.3 Å². The molecule has 0 fully saturated rings. The summed E-state index contributed by atoms with van der Waals surface area (Å²) in [5.41, 5.74) is 5.17. The van der Waals surface area contributed by atoms with Crippen LogP contribution in [0.2, 0.25) is 0 Å². The normalized spacial score (nSPS) is 11.5. The van der Waals surface area contributed by atoms with Gasteiger partial charge in [-0.05, 0) is 35.6 Å². The lowest BCUT2D eigenvalue weighted by atomic mass is 9.97. The third kappa shape index (κ3) is 5.12. The summed E-state index contributed by atoms with van der Waals surface area (Å²) in [4.78, 5) is 12.3. The van der Waals surface area contributed by atoms with E-state index in [-0.39, 0.29) is 5.41 Å². The predicted molar refractivity (Wildman–Crippen MR) is 114 cm³/mol. The monoisotopic (exact) mass is 366 g/mol. The molecule has 27 heavy (non-hydrogen) atoms. The SMILES string of the molecule is CC.CN=Nc1ccc(-c2c[nH]c3nc(NCC(C)(C)C)ncc23)cc1C. The van der Waals surface area contributed by atoms with Crippen LogP contribution in [0.1, 0.15) is 40.2 Å². The number of fused-ring (bicyclic) bond motifs is 1. The molecule has 2 N–H and O–H groups in total. The van der Waals surface area contributed by atoms with Crippen molar-refractivity contribution in [3.63, 3.8) is 0 Å². The third-order valence-electron chi connectivity index (χ3n) is 3.92. The fourth-order valence-corrected chi connectivity index (χ4v) is 2.62. The summed E-state index contributed by atoms with van der Waals surface area (Å²) in [6.45, 7) is 13.4.